The van der Waals surface area contributed by atoms with E-state index in [1.807, 2.05) is 112 Å². The van der Waals surface area contributed by atoms with Crippen molar-refractivity contribution in [2.24, 2.45) is 0 Å². The van der Waals surface area contributed by atoms with E-state index < -0.39 is 47.7 Å². The number of rotatable bonds is 6. The van der Waals surface area contributed by atoms with Crippen molar-refractivity contribution in [1.29, 1.82) is 0 Å². The number of aromatic nitrogens is 6. The minimum absolute atomic E-state index is 0. The quantitative estimate of drug-likeness (QED) is 0.123. The number of nitrogens with zero attached hydrogens (tertiary/aromatic N) is 6. The van der Waals surface area contributed by atoms with Crippen molar-refractivity contribution in [2.45, 2.75) is 52.4 Å². The van der Waals surface area contributed by atoms with E-state index in [1.165, 1.54) is 0 Å². The molecule has 426 valence electrons. The first-order valence-corrected chi connectivity index (χ1v) is 29.3. The minimum atomic E-state index is -0.569. The van der Waals surface area contributed by atoms with Crippen LogP contribution in [0.15, 0.2) is 243 Å². The molecule has 11 aromatic carbocycles. The van der Waals surface area contributed by atoms with Gasteiger partial charge in [0.15, 0.2) is 0 Å². The van der Waals surface area contributed by atoms with Crippen LogP contribution < -0.4 is 9.30 Å². The first kappa shape index (κ1) is 45.3. The molecule has 1 aliphatic rings. The van der Waals surface area contributed by atoms with Gasteiger partial charge in [0.2, 0.25) is 0 Å². The average Bonchev–Trinajstić information content (AvgIpc) is 1.47. The Labute approximate surface area is 536 Å². The molecule has 5 aromatic heterocycles. The molecule has 7 nitrogen and oxygen atoms in total. The molecule has 1 aliphatic heterocycles. The van der Waals surface area contributed by atoms with Crippen LogP contribution >= 0.6 is 0 Å². The second kappa shape index (κ2) is 20.0. The van der Waals surface area contributed by atoms with Crippen LogP contribution in [0.25, 0.3) is 138 Å². The Morgan fingerprint density at radius 1 is 0.443 bits per heavy atom. The summed E-state index contributed by atoms with van der Waals surface area (Å²) in [6.07, 6.45) is 5.73. The second-order valence-electron chi connectivity index (χ2n) is 24.6. The van der Waals surface area contributed by atoms with Gasteiger partial charge in [0, 0.05) is 71.5 Å². The fraction of sp³-hybridized carbons (Fsp3) is 0.100. The van der Waals surface area contributed by atoms with E-state index in [9.17, 15) is 11.0 Å². The summed E-state index contributed by atoms with van der Waals surface area (Å²) in [5, 5.41) is 5.99. The normalized spacial score (nSPS) is 13.6. The third kappa shape index (κ3) is 8.21. The van der Waals surface area contributed by atoms with Crippen LogP contribution in [0.2, 0.25) is 0 Å². The van der Waals surface area contributed by atoms with Gasteiger partial charge >= 0.3 is 0 Å². The van der Waals surface area contributed by atoms with Gasteiger partial charge in [0.25, 0.3) is 6.33 Å². The summed E-state index contributed by atoms with van der Waals surface area (Å²) in [7, 11) is 0. The molecule has 0 radical (unpaired) electrons. The molecule has 88 heavy (non-hydrogen) atoms. The molecule has 0 N–H and O–H groups in total. The zero-order valence-electron chi connectivity index (χ0n) is 56.9. The Hall–Kier alpha value is -10.1. The monoisotopic (exact) mass is 1320 g/mol. The fourth-order valence-electron chi connectivity index (χ4n) is 13.2. The Morgan fingerprint density at radius 3 is 1.53 bits per heavy atom. The predicted molar refractivity (Wildman–Crippen MR) is 356 cm³/mol. The Bertz CT molecular complexity index is 5940. The summed E-state index contributed by atoms with van der Waals surface area (Å²) in [5.41, 5.74) is 10.5. The number of hydrogen-bond acceptors (Lipinski definition) is 2. The Balaban J connectivity index is 0.00000725. The largest absolute Gasteiger partial charge is 0.510 e. The number of fused-ring (bicyclic) bond motifs is 16. The van der Waals surface area contributed by atoms with Crippen molar-refractivity contribution in [3.8, 4) is 73.4 Å². The first-order valence-electron chi connectivity index (χ1n) is 33.3. The van der Waals surface area contributed by atoms with Crippen molar-refractivity contribution in [2.75, 3.05) is 0 Å². The SMILES string of the molecule is [2H]c1c([2H])c([2H])c2c(c1[2H])-c1cc(C(C)(C)C)cc(-n3c4ccccc4c4ccccc43)c1-[n+]1[c-]n(-c3[c-]c(Oc4[c-]c5c(cc4)c4ccccc4n5-c4cc(C(C)(C)C)ccn4)ccc3)c3cc(-n4c5ccccc5c5ccccc54)cc(c31)-c1c([2H])c([2H])c([2H])c([2H])c1-2.[Pt]. The van der Waals surface area contributed by atoms with Crippen LogP contribution in [-0.4, -0.2) is 23.3 Å². The summed E-state index contributed by atoms with van der Waals surface area (Å²) in [4.78, 5) is 4.91. The molecule has 6 heterocycles. The molecule has 0 atom stereocenters. The Kier molecular flexibility index (Phi) is 10.3. The summed E-state index contributed by atoms with van der Waals surface area (Å²) in [5.74, 6) is 1.55. The average molecular weight is 1320 g/mol. The van der Waals surface area contributed by atoms with Gasteiger partial charge in [-0.1, -0.05) is 192 Å². The molecule has 8 heteroatoms. The van der Waals surface area contributed by atoms with Crippen molar-refractivity contribution < 1.29 is 41.3 Å². The minimum Gasteiger partial charge on any atom is -0.510 e. The number of pyridine rings is 1. The summed E-state index contributed by atoms with van der Waals surface area (Å²) in [6.45, 7) is 12.9. The van der Waals surface area contributed by atoms with Gasteiger partial charge in [-0.05, 0) is 127 Å². The zero-order valence-corrected chi connectivity index (χ0v) is 51.2. The van der Waals surface area contributed by atoms with Gasteiger partial charge < -0.3 is 23.0 Å². The van der Waals surface area contributed by atoms with E-state index in [0.717, 1.165) is 82.4 Å². The zero-order chi connectivity index (χ0) is 65.4. The fourth-order valence-corrected chi connectivity index (χ4v) is 13.2. The van der Waals surface area contributed by atoms with E-state index in [4.69, 9.17) is 9.72 Å². The molecule has 0 amide bonds. The maximum absolute atomic E-state index is 10.3. The van der Waals surface area contributed by atoms with Crippen LogP contribution in [0, 0.1) is 18.5 Å². The maximum atomic E-state index is 10.3. The van der Waals surface area contributed by atoms with Gasteiger partial charge in [-0.2, -0.15) is 18.2 Å². The van der Waals surface area contributed by atoms with Crippen LogP contribution in [0.5, 0.6) is 11.5 Å². The van der Waals surface area contributed by atoms with Gasteiger partial charge in [-0.15, -0.1) is 29.7 Å². The smallest absolute Gasteiger partial charge is 0.268 e. The van der Waals surface area contributed by atoms with Crippen molar-refractivity contribution in [1.82, 2.24) is 23.3 Å². The van der Waals surface area contributed by atoms with Gasteiger partial charge in [-0.25, -0.2) is 4.98 Å². The molecule has 0 saturated heterocycles. The molecule has 0 fully saturated rings. The molecule has 0 bridgehead atoms. The van der Waals surface area contributed by atoms with Crippen LogP contribution in [0.1, 0.15) is 63.6 Å². The third-order valence-electron chi connectivity index (χ3n) is 17.4. The molecule has 16 aromatic rings. The van der Waals surface area contributed by atoms with Crippen LogP contribution in [0.4, 0.5) is 0 Å². The van der Waals surface area contributed by atoms with Crippen molar-refractivity contribution >= 4 is 76.5 Å². The molecule has 0 aliphatic carbocycles. The first-order chi connectivity index (χ1) is 45.7. The van der Waals surface area contributed by atoms with Crippen LogP contribution in [-0.2, 0) is 31.9 Å². The summed E-state index contributed by atoms with van der Waals surface area (Å²) in [6, 6.07) is 66.5. The third-order valence-corrected chi connectivity index (χ3v) is 17.4. The summed E-state index contributed by atoms with van der Waals surface area (Å²) >= 11 is 0. The van der Waals surface area contributed by atoms with E-state index in [1.54, 1.807) is 0 Å². The van der Waals surface area contributed by atoms with Gasteiger partial charge in [0.1, 0.15) is 5.82 Å². The number of hydrogen-bond donors (Lipinski definition) is 0. The number of ether oxygens (including phenoxy) is 1. The van der Waals surface area contributed by atoms with E-state index in [0.29, 0.717) is 56.4 Å². The maximum Gasteiger partial charge on any atom is 0.268 e. The van der Waals surface area contributed by atoms with Gasteiger partial charge in [0.05, 0.1) is 55.4 Å². The molecule has 0 spiro atoms. The van der Waals surface area contributed by atoms with Crippen LogP contribution in [0.3, 0.4) is 0 Å². The van der Waals surface area contributed by atoms with E-state index in [2.05, 4.69) is 165 Å². The topological polar surface area (TPSA) is 45.7 Å². The summed E-state index contributed by atoms with van der Waals surface area (Å²) < 4.78 is 96.0. The molecule has 17 rings (SSSR count). The molecular weight excluding hydrogens is 1260 g/mol. The van der Waals surface area contributed by atoms with E-state index >= 15 is 0 Å². The Morgan fingerprint density at radius 2 is 0.955 bits per heavy atom. The van der Waals surface area contributed by atoms with Crippen molar-refractivity contribution in [3.63, 3.8) is 0 Å². The predicted octanol–water partition coefficient (Wildman–Crippen LogP) is 19.7. The number of imidazole rings is 1. The molecule has 0 unspecified atom stereocenters. The second-order valence-corrected chi connectivity index (χ2v) is 24.6. The molecule has 0 saturated carbocycles. The standard InChI is InChI=1S/C80H58N6O.Pt/c1-79(2,3)50-40-41-81-76(44-50)86-72-37-20-15-32-64(72)65-39-38-55(48-73(65)86)87-54-23-21-22-52(45-54)82-49-83-77-67(46-53(47-74(77)82)84-68-33-16-11-28-60(68)61-29-12-17-34-69(61)84)59-27-10-8-25-57(59)56-24-7-9-26-58(56)66-42-51(80(4,5)6)43-75(78(66)83)85-70-35-18-13-30-62(70)63-31-14-19-36-71(63)85;/h7-44,46-47H,1-6H3;/q-2;/i7D,8D,9D,10D,24D,25D,26D,27D;. The number of para-hydroxylation sites is 5. The molecular formula is C80H58N6OPt-2. The van der Waals surface area contributed by atoms with Crippen molar-refractivity contribution in [3.05, 3.63) is 272 Å². The number of benzene rings is 11. The van der Waals surface area contributed by atoms with E-state index in [-0.39, 0.29) is 54.8 Å². The van der Waals surface area contributed by atoms with Gasteiger partial charge in [-0.3, -0.25) is 4.57 Å².